The second-order valence-corrected chi connectivity index (χ2v) is 10.1. The van der Waals surface area contributed by atoms with E-state index in [1.807, 2.05) is 0 Å². The lowest BCUT2D eigenvalue weighted by molar-refractivity contribution is -0.117. The van der Waals surface area contributed by atoms with Gasteiger partial charge in [-0.05, 0) is 44.2 Å². The van der Waals surface area contributed by atoms with Crippen LogP contribution in [0.5, 0.6) is 0 Å². The van der Waals surface area contributed by atoms with E-state index in [9.17, 15) is 13.6 Å². The maximum absolute atomic E-state index is 13.8. The van der Waals surface area contributed by atoms with E-state index in [2.05, 4.69) is 40.8 Å². The summed E-state index contributed by atoms with van der Waals surface area (Å²) in [6.45, 7) is 1.73. The molecule has 5 rings (SSSR count). The van der Waals surface area contributed by atoms with Crippen LogP contribution in [0.3, 0.4) is 0 Å². The van der Waals surface area contributed by atoms with Crippen molar-refractivity contribution in [3.63, 3.8) is 0 Å². The average Bonchev–Trinajstić information content (AvgIpc) is 3.09. The van der Waals surface area contributed by atoms with E-state index in [1.165, 1.54) is 23.6 Å². The summed E-state index contributed by atoms with van der Waals surface area (Å²) in [5.41, 5.74) is 8.46. The molecule has 2 aliphatic rings. The summed E-state index contributed by atoms with van der Waals surface area (Å²) in [6.07, 6.45) is 5.89. The van der Waals surface area contributed by atoms with E-state index in [-0.39, 0.29) is 22.4 Å². The van der Waals surface area contributed by atoms with E-state index < -0.39 is 18.4 Å². The minimum atomic E-state index is -2.75. The number of hydrogen-bond acceptors (Lipinski definition) is 6. The minimum absolute atomic E-state index is 0.104. The summed E-state index contributed by atoms with van der Waals surface area (Å²) in [7, 11) is 0. The van der Waals surface area contributed by atoms with Crippen LogP contribution in [0.25, 0.3) is 0 Å². The van der Waals surface area contributed by atoms with Crippen LogP contribution in [0.15, 0.2) is 33.4 Å². The van der Waals surface area contributed by atoms with Gasteiger partial charge in [0.25, 0.3) is 12.3 Å². The van der Waals surface area contributed by atoms with Crippen molar-refractivity contribution in [2.45, 2.75) is 50.6 Å². The molecule has 1 aliphatic heterocycles. The third kappa shape index (κ3) is 3.86. The fourth-order valence-corrected chi connectivity index (χ4v) is 5.38. The fourth-order valence-electron chi connectivity index (χ4n) is 4.38. The molecule has 3 aromatic rings. The molecule has 1 spiro atoms. The molecule has 1 unspecified atom stereocenters. The van der Waals surface area contributed by atoms with Crippen molar-refractivity contribution in [3.05, 3.63) is 56.5 Å². The maximum atomic E-state index is 13.8. The zero-order valence-corrected chi connectivity index (χ0v) is 20.1. The molecule has 3 heterocycles. The number of anilines is 2. The minimum Gasteiger partial charge on any atom is -0.398 e. The standard InChI is InChI=1S/C22H21BrF2N6OS/c1-11-14(23)8-12(19(24)25)13(16(11)26)9-28-18(20(32)30-21-27-6-7-33-21)17-15-2-3-22(4-5-22)31(15)10-29-17/h6-10,18-19H,2-5,26H2,1H3,(H,27,30,32). The number of rotatable bonds is 6. The molecule has 1 saturated carbocycles. The van der Waals surface area contributed by atoms with Crippen molar-refractivity contribution in [2.75, 3.05) is 11.1 Å². The number of carbonyl (C=O) groups excluding carboxylic acids is 1. The molecular formula is C22H21BrF2N6OS. The number of nitrogens with one attached hydrogen (secondary N) is 1. The van der Waals surface area contributed by atoms with Crippen molar-refractivity contribution < 1.29 is 13.6 Å². The van der Waals surface area contributed by atoms with Gasteiger partial charge in [0.1, 0.15) is 0 Å². The first-order chi connectivity index (χ1) is 15.8. The second kappa shape index (κ2) is 8.28. The van der Waals surface area contributed by atoms with Crippen molar-refractivity contribution >= 4 is 50.2 Å². The van der Waals surface area contributed by atoms with Gasteiger partial charge in [0.15, 0.2) is 11.2 Å². The van der Waals surface area contributed by atoms with Crippen LogP contribution in [-0.2, 0) is 16.8 Å². The average molecular weight is 535 g/mol. The molecule has 1 amide bonds. The van der Waals surface area contributed by atoms with E-state index in [1.54, 1.807) is 24.8 Å². The molecular weight excluding hydrogens is 514 g/mol. The Morgan fingerprint density at radius 3 is 2.85 bits per heavy atom. The fraction of sp³-hybridized carbons (Fsp3) is 0.364. The van der Waals surface area contributed by atoms with Gasteiger partial charge in [-0.25, -0.2) is 18.7 Å². The highest BCUT2D eigenvalue weighted by Gasteiger charge is 2.50. The number of aliphatic imine (C=N–C) groups is 1. The van der Waals surface area contributed by atoms with Gasteiger partial charge in [0.2, 0.25) is 0 Å². The number of amides is 1. The van der Waals surface area contributed by atoms with Gasteiger partial charge in [0, 0.05) is 50.3 Å². The maximum Gasteiger partial charge on any atom is 0.264 e. The van der Waals surface area contributed by atoms with Crippen molar-refractivity contribution in [2.24, 2.45) is 4.99 Å². The molecule has 1 aliphatic carbocycles. The number of nitrogens with zero attached hydrogens (tertiary/aromatic N) is 4. The molecule has 0 saturated heterocycles. The number of carbonyl (C=O) groups is 1. The number of fused-ring (bicyclic) bond motifs is 2. The van der Waals surface area contributed by atoms with Gasteiger partial charge in [-0.15, -0.1) is 11.3 Å². The Bertz CT molecular complexity index is 1250. The number of halogens is 3. The summed E-state index contributed by atoms with van der Waals surface area (Å²) in [4.78, 5) is 26.3. The molecule has 1 aromatic carbocycles. The number of benzene rings is 1. The zero-order chi connectivity index (χ0) is 23.3. The number of alkyl halides is 2. The SMILES string of the molecule is Cc1c(Br)cc(C(F)F)c(C=NC(C(=O)Nc2nccs2)c2ncn3c2CCC32CC2)c1N. The van der Waals surface area contributed by atoms with Gasteiger partial charge in [-0.2, -0.15) is 0 Å². The number of aromatic nitrogens is 3. The van der Waals surface area contributed by atoms with Gasteiger partial charge in [0.05, 0.1) is 12.0 Å². The molecule has 33 heavy (non-hydrogen) atoms. The number of nitrogen functional groups attached to an aromatic ring is 1. The topological polar surface area (TPSA) is 98.2 Å². The Morgan fingerprint density at radius 2 is 2.18 bits per heavy atom. The van der Waals surface area contributed by atoms with Crippen LogP contribution in [0, 0.1) is 6.92 Å². The normalized spacial score (nSPS) is 17.1. The van der Waals surface area contributed by atoms with Crippen molar-refractivity contribution in [3.8, 4) is 0 Å². The first kappa shape index (κ1) is 22.1. The lowest BCUT2D eigenvalue weighted by Gasteiger charge is -2.15. The van der Waals surface area contributed by atoms with Crippen LogP contribution in [0.4, 0.5) is 19.6 Å². The second-order valence-electron chi connectivity index (χ2n) is 8.38. The van der Waals surface area contributed by atoms with Gasteiger partial charge < -0.3 is 10.3 Å². The van der Waals surface area contributed by atoms with E-state index in [4.69, 9.17) is 5.73 Å². The molecule has 1 fully saturated rings. The lowest BCUT2D eigenvalue weighted by atomic mass is 10.0. The quantitative estimate of drug-likeness (QED) is 0.337. The lowest BCUT2D eigenvalue weighted by Crippen LogP contribution is -2.21. The smallest absolute Gasteiger partial charge is 0.264 e. The summed E-state index contributed by atoms with van der Waals surface area (Å²) < 4.78 is 30.2. The Morgan fingerprint density at radius 1 is 1.39 bits per heavy atom. The molecule has 3 N–H and O–H groups in total. The van der Waals surface area contributed by atoms with E-state index in [0.717, 1.165) is 31.4 Å². The van der Waals surface area contributed by atoms with Gasteiger partial charge >= 0.3 is 0 Å². The van der Waals surface area contributed by atoms with Crippen LogP contribution in [0.2, 0.25) is 0 Å². The van der Waals surface area contributed by atoms with Crippen molar-refractivity contribution in [1.82, 2.24) is 14.5 Å². The molecule has 11 heteroatoms. The highest BCUT2D eigenvalue weighted by Crippen LogP contribution is 2.52. The summed E-state index contributed by atoms with van der Waals surface area (Å²) in [5, 5.41) is 4.95. The third-order valence-corrected chi connectivity index (χ3v) is 7.98. The molecule has 0 radical (unpaired) electrons. The highest BCUT2D eigenvalue weighted by molar-refractivity contribution is 9.10. The monoisotopic (exact) mass is 534 g/mol. The van der Waals surface area contributed by atoms with Crippen LogP contribution in [0.1, 0.15) is 59.8 Å². The van der Waals surface area contributed by atoms with Gasteiger partial charge in [-0.3, -0.25) is 15.1 Å². The first-order valence-electron chi connectivity index (χ1n) is 10.5. The Hall–Kier alpha value is -2.66. The Balaban J connectivity index is 1.56. The third-order valence-electron chi connectivity index (χ3n) is 6.47. The molecule has 172 valence electrons. The number of hydrogen-bond donors (Lipinski definition) is 2. The Kier molecular flexibility index (Phi) is 5.56. The van der Waals surface area contributed by atoms with E-state index in [0.29, 0.717) is 20.9 Å². The predicted molar refractivity (Wildman–Crippen MR) is 127 cm³/mol. The highest BCUT2D eigenvalue weighted by atomic mass is 79.9. The number of imidazole rings is 1. The van der Waals surface area contributed by atoms with Crippen LogP contribution < -0.4 is 11.1 Å². The van der Waals surface area contributed by atoms with E-state index >= 15 is 0 Å². The van der Waals surface area contributed by atoms with Crippen LogP contribution >= 0.6 is 27.3 Å². The zero-order valence-electron chi connectivity index (χ0n) is 17.7. The number of thiazole rings is 1. The summed E-state index contributed by atoms with van der Waals surface area (Å²) in [6, 6.07) is 0.320. The van der Waals surface area contributed by atoms with Crippen molar-refractivity contribution in [1.29, 1.82) is 0 Å². The molecule has 2 aromatic heterocycles. The van der Waals surface area contributed by atoms with Crippen LogP contribution in [-0.4, -0.2) is 26.7 Å². The summed E-state index contributed by atoms with van der Waals surface area (Å²) >= 11 is 4.56. The predicted octanol–water partition coefficient (Wildman–Crippen LogP) is 5.16. The largest absolute Gasteiger partial charge is 0.398 e. The first-order valence-corrected chi connectivity index (χ1v) is 12.1. The Labute approximate surface area is 201 Å². The number of nitrogens with two attached hydrogens (primary N) is 1. The van der Waals surface area contributed by atoms with Gasteiger partial charge in [-0.1, -0.05) is 15.9 Å². The molecule has 1 atom stereocenters. The molecule has 7 nitrogen and oxygen atoms in total. The summed E-state index contributed by atoms with van der Waals surface area (Å²) in [5.74, 6) is -0.426. The molecule has 0 bridgehead atoms.